The minimum Gasteiger partial charge on any atom is -0.537 e. The van der Waals surface area contributed by atoms with Gasteiger partial charge in [-0.25, -0.2) is 19.9 Å². The average Bonchev–Trinajstić information content (AvgIpc) is 2.87. The molecule has 2 heterocycles. The molecule has 4 rings (SSSR count). The average molecular weight is 559 g/mol. The number of phenolic OH excluding ortho intramolecular Hbond substituents is 2. The van der Waals surface area contributed by atoms with Crippen molar-refractivity contribution in [1.82, 2.24) is 19.9 Å². The third kappa shape index (κ3) is 10.2. The van der Waals surface area contributed by atoms with Gasteiger partial charge in [-0.3, -0.25) is 0 Å². The number of rotatable bonds is 3. The number of aromatic nitrogens is 4. The number of nitrogens with zero attached hydrogens (tertiary/aromatic N) is 6. The predicted octanol–water partition coefficient (Wildman–Crippen LogP) is 4.96. The van der Waals surface area contributed by atoms with E-state index in [1.54, 1.807) is 42.5 Å². The van der Waals surface area contributed by atoms with E-state index in [2.05, 4.69) is 24.6 Å². The fourth-order valence-electron chi connectivity index (χ4n) is 2.22. The van der Waals surface area contributed by atoms with Crippen LogP contribution in [0.15, 0.2) is 60.9 Å². The van der Waals surface area contributed by atoms with E-state index in [-0.39, 0.29) is 45.8 Å². The Balaban J connectivity index is 0.000000287. The lowest BCUT2D eigenvalue weighted by atomic mass is 10.1. The smallest absolute Gasteiger partial charge is 0.537 e. The Morgan fingerprint density at radius 2 is 1.24 bits per heavy atom. The Morgan fingerprint density at radius 1 is 0.757 bits per heavy atom. The molecular formula is C23H17BCl3N6O4. The topological polar surface area (TPSA) is 169 Å². The van der Waals surface area contributed by atoms with Gasteiger partial charge < -0.3 is 19.9 Å². The molecule has 1 radical (unpaired) electrons. The van der Waals surface area contributed by atoms with E-state index in [4.69, 9.17) is 60.6 Å². The van der Waals surface area contributed by atoms with Gasteiger partial charge in [-0.05, 0) is 48.5 Å². The summed E-state index contributed by atoms with van der Waals surface area (Å²) < 4.78 is 4.58. The van der Waals surface area contributed by atoms with Crippen LogP contribution in [0.1, 0.15) is 18.8 Å². The molecule has 2 aromatic heterocycles. The summed E-state index contributed by atoms with van der Waals surface area (Å²) in [5, 5.41) is 43.4. The lowest BCUT2D eigenvalue weighted by Crippen LogP contribution is -1.98. The number of halogens is 3. The normalized spacial score (nSPS) is 9.03. The van der Waals surface area contributed by atoms with Crippen molar-refractivity contribution >= 4 is 42.5 Å². The monoisotopic (exact) mass is 557 g/mol. The van der Waals surface area contributed by atoms with Gasteiger partial charge in [-0.15, -0.1) is 0 Å². The number of hydrogen-bond acceptors (Lipinski definition) is 10. The number of nitriles is 2. The molecule has 0 saturated heterocycles. The summed E-state index contributed by atoms with van der Waals surface area (Å²) in [6.45, 7) is 0. The van der Waals surface area contributed by atoms with Crippen LogP contribution in [-0.4, -0.2) is 42.9 Å². The molecule has 0 atom stereocenters. The molecule has 10 nitrogen and oxygen atoms in total. The van der Waals surface area contributed by atoms with Crippen LogP contribution < -0.4 is 4.65 Å². The molecule has 37 heavy (non-hydrogen) atoms. The van der Waals surface area contributed by atoms with Crippen LogP contribution in [-0.2, 0) is 0 Å². The molecule has 0 aliphatic carbocycles. The van der Waals surface area contributed by atoms with Gasteiger partial charge in [0.05, 0.1) is 18.1 Å². The molecule has 0 bridgehead atoms. The van der Waals surface area contributed by atoms with E-state index in [9.17, 15) is 0 Å². The molecule has 0 aliphatic rings. The van der Waals surface area contributed by atoms with Crippen molar-refractivity contribution in [3.05, 3.63) is 87.8 Å². The zero-order valence-electron chi connectivity index (χ0n) is 17.9. The van der Waals surface area contributed by atoms with Crippen molar-refractivity contribution in [2.24, 2.45) is 0 Å². The summed E-state index contributed by atoms with van der Waals surface area (Å²) in [5.74, 6) is 0.835. The van der Waals surface area contributed by atoms with Gasteiger partial charge in [-0.2, -0.15) is 10.5 Å². The molecule has 0 spiro atoms. The second kappa shape index (κ2) is 15.8. The Kier molecular flexibility index (Phi) is 13.2. The van der Waals surface area contributed by atoms with Gasteiger partial charge >= 0.3 is 7.69 Å². The van der Waals surface area contributed by atoms with Crippen molar-refractivity contribution in [3.63, 3.8) is 0 Å². The summed E-state index contributed by atoms with van der Waals surface area (Å²) >= 11 is 16.6. The molecule has 0 fully saturated rings. The van der Waals surface area contributed by atoms with E-state index in [1.807, 2.05) is 6.07 Å². The van der Waals surface area contributed by atoms with Gasteiger partial charge in [0.15, 0.2) is 21.7 Å². The standard InChI is InChI=1S/C11H6ClN3O.C6H6BO3.C5HCl2N3.CH4/c12-11-9(5-13)14-6-10(15-11)7-1-3-8(16)4-2-7;8-5-1-3-6(4-2-5)10-7-9;6-4-2-9-3(1-8)5(7)10-4;/h1-4,6,16H;1-4,8-9H;2H;1H4. The quantitative estimate of drug-likeness (QED) is 0.292. The second-order valence-electron chi connectivity index (χ2n) is 6.21. The first-order valence-electron chi connectivity index (χ1n) is 9.49. The van der Waals surface area contributed by atoms with Crippen molar-refractivity contribution in [2.45, 2.75) is 7.43 Å². The summed E-state index contributed by atoms with van der Waals surface area (Å²) in [7, 11) is 0.590. The molecule has 0 aliphatic heterocycles. The Labute approximate surface area is 228 Å². The van der Waals surface area contributed by atoms with E-state index in [0.717, 1.165) is 5.56 Å². The number of hydrogen-bond donors (Lipinski definition) is 3. The molecule has 0 unspecified atom stereocenters. The first kappa shape index (κ1) is 30.9. The lowest BCUT2D eigenvalue weighted by Gasteiger charge is -2.01. The SMILES string of the molecule is C.N#Cc1ncc(-c2ccc(O)cc2)nc1Cl.N#Cc1ncc(Cl)nc1Cl.O[B]Oc1ccc(O)cc1. The summed E-state index contributed by atoms with van der Waals surface area (Å²) in [5.41, 5.74) is 1.52. The summed E-state index contributed by atoms with van der Waals surface area (Å²) in [4.78, 5) is 15.1. The van der Waals surface area contributed by atoms with E-state index in [1.165, 1.54) is 24.5 Å². The Morgan fingerprint density at radius 3 is 1.70 bits per heavy atom. The van der Waals surface area contributed by atoms with Gasteiger partial charge in [0, 0.05) is 5.56 Å². The van der Waals surface area contributed by atoms with E-state index in [0.29, 0.717) is 19.1 Å². The highest BCUT2D eigenvalue weighted by Gasteiger charge is 2.06. The minimum atomic E-state index is 0. The van der Waals surface area contributed by atoms with Crippen molar-refractivity contribution < 1.29 is 19.9 Å². The number of phenols is 2. The van der Waals surface area contributed by atoms with E-state index >= 15 is 0 Å². The van der Waals surface area contributed by atoms with Crippen LogP contribution >= 0.6 is 34.8 Å². The Bertz CT molecular complexity index is 1380. The minimum absolute atomic E-state index is 0. The number of benzene rings is 2. The predicted molar refractivity (Wildman–Crippen MR) is 139 cm³/mol. The third-order valence-corrected chi connectivity index (χ3v) is 4.54. The van der Waals surface area contributed by atoms with E-state index < -0.39 is 0 Å². The summed E-state index contributed by atoms with van der Waals surface area (Å²) in [6, 6.07) is 16.1. The maximum atomic E-state index is 9.14. The zero-order chi connectivity index (χ0) is 26.5. The summed E-state index contributed by atoms with van der Waals surface area (Å²) in [6.07, 6.45) is 2.74. The lowest BCUT2D eigenvalue weighted by molar-refractivity contribution is 0.449. The van der Waals surface area contributed by atoms with Gasteiger partial charge in [0.1, 0.15) is 34.5 Å². The van der Waals surface area contributed by atoms with Crippen LogP contribution in [0.5, 0.6) is 17.2 Å². The molecule has 14 heteroatoms. The molecule has 0 saturated carbocycles. The third-order valence-electron chi connectivity index (χ3n) is 3.83. The first-order valence-corrected chi connectivity index (χ1v) is 10.6. The van der Waals surface area contributed by atoms with Gasteiger partial charge in [0.25, 0.3) is 0 Å². The van der Waals surface area contributed by atoms with Crippen LogP contribution in [0.4, 0.5) is 0 Å². The van der Waals surface area contributed by atoms with Crippen LogP contribution in [0, 0.1) is 22.7 Å². The molecule has 3 N–H and O–H groups in total. The maximum absolute atomic E-state index is 9.14. The second-order valence-corrected chi connectivity index (χ2v) is 7.32. The molecule has 0 amide bonds. The van der Waals surface area contributed by atoms with Crippen molar-refractivity contribution in [3.8, 4) is 40.6 Å². The van der Waals surface area contributed by atoms with Crippen LogP contribution in [0.2, 0.25) is 15.5 Å². The molecule has 187 valence electrons. The maximum Gasteiger partial charge on any atom is 0.569 e. The fraction of sp³-hybridized carbons (Fsp3) is 0.0435. The molecule has 4 aromatic rings. The molecular weight excluding hydrogens is 541 g/mol. The van der Waals surface area contributed by atoms with Crippen LogP contribution in [0.3, 0.4) is 0 Å². The highest BCUT2D eigenvalue weighted by Crippen LogP contribution is 2.21. The van der Waals surface area contributed by atoms with Crippen LogP contribution in [0.25, 0.3) is 11.3 Å². The fourth-order valence-corrected chi connectivity index (χ4v) is 2.76. The Hall–Kier alpha value is -4.13. The highest BCUT2D eigenvalue weighted by molar-refractivity contribution is 6.32. The largest absolute Gasteiger partial charge is 0.569 e. The first-order chi connectivity index (χ1) is 17.3. The van der Waals surface area contributed by atoms with Crippen molar-refractivity contribution in [2.75, 3.05) is 0 Å². The van der Waals surface area contributed by atoms with Gasteiger partial charge in [0.2, 0.25) is 0 Å². The van der Waals surface area contributed by atoms with Gasteiger partial charge in [-0.1, -0.05) is 42.2 Å². The number of aromatic hydroxyl groups is 2. The zero-order valence-corrected chi connectivity index (χ0v) is 20.2. The highest BCUT2D eigenvalue weighted by atomic mass is 35.5. The van der Waals surface area contributed by atoms with Crippen molar-refractivity contribution in [1.29, 1.82) is 10.5 Å². The molecule has 2 aromatic carbocycles.